The van der Waals surface area contributed by atoms with Crippen LogP contribution < -0.4 is 10.2 Å². The van der Waals surface area contributed by atoms with Crippen LogP contribution in [0.25, 0.3) is 11.5 Å². The van der Waals surface area contributed by atoms with E-state index in [9.17, 15) is 4.79 Å². The molecule has 144 valence electrons. The number of cyclic esters (lactones) is 1. The van der Waals surface area contributed by atoms with Crippen molar-refractivity contribution >= 4 is 17.9 Å². The van der Waals surface area contributed by atoms with Crippen molar-refractivity contribution in [1.82, 2.24) is 20.2 Å². The van der Waals surface area contributed by atoms with E-state index in [4.69, 9.17) is 9.15 Å². The van der Waals surface area contributed by atoms with E-state index in [1.54, 1.807) is 17.2 Å². The molecule has 9 nitrogen and oxygen atoms in total. The van der Waals surface area contributed by atoms with Gasteiger partial charge in [0.2, 0.25) is 17.7 Å². The lowest BCUT2D eigenvalue weighted by Gasteiger charge is -2.23. The second kappa shape index (κ2) is 7.63. The third-order valence-corrected chi connectivity index (χ3v) is 4.45. The summed E-state index contributed by atoms with van der Waals surface area (Å²) in [6.07, 6.45) is 1.20. The van der Waals surface area contributed by atoms with Crippen LogP contribution in [0, 0.1) is 5.92 Å². The summed E-state index contributed by atoms with van der Waals surface area (Å²) in [6, 6.07) is 11.2. The van der Waals surface area contributed by atoms with Crippen LogP contribution in [0.4, 0.5) is 16.6 Å². The van der Waals surface area contributed by atoms with Gasteiger partial charge in [0.1, 0.15) is 12.4 Å². The fourth-order valence-electron chi connectivity index (χ4n) is 2.94. The summed E-state index contributed by atoms with van der Waals surface area (Å²) < 4.78 is 10.8. The number of ether oxygens (including phenoxy) is 1. The SMILES string of the molecule is CC(C)[C@H]1COC(=O)N1c1ccnc(NCc2nnc(-c3ccccc3)o2)n1. The molecule has 1 aliphatic rings. The lowest BCUT2D eigenvalue weighted by Crippen LogP contribution is -2.37. The average Bonchev–Trinajstić information content (AvgIpc) is 3.34. The molecule has 0 saturated carbocycles. The summed E-state index contributed by atoms with van der Waals surface area (Å²) in [7, 11) is 0. The zero-order chi connectivity index (χ0) is 19.5. The maximum Gasteiger partial charge on any atom is 0.415 e. The minimum atomic E-state index is -0.396. The molecule has 1 atom stereocenters. The second-order valence-corrected chi connectivity index (χ2v) is 6.72. The van der Waals surface area contributed by atoms with E-state index in [1.807, 2.05) is 44.2 Å². The van der Waals surface area contributed by atoms with E-state index in [0.29, 0.717) is 30.2 Å². The Kier molecular flexibility index (Phi) is 4.88. The molecule has 1 amide bonds. The van der Waals surface area contributed by atoms with Gasteiger partial charge in [-0.1, -0.05) is 32.0 Å². The van der Waals surface area contributed by atoms with E-state index >= 15 is 0 Å². The van der Waals surface area contributed by atoms with Crippen molar-refractivity contribution in [2.75, 3.05) is 16.8 Å². The standard InChI is InChI=1S/C19H20N6O3/c1-12(2)14-11-27-19(26)25(14)15-8-9-20-18(22-15)21-10-16-23-24-17(28-16)13-6-4-3-5-7-13/h3-9,12,14H,10-11H2,1-2H3,(H,20,21,22)/t14-/m1/s1. The monoisotopic (exact) mass is 380 g/mol. The van der Waals surface area contributed by atoms with Crippen molar-refractivity contribution < 1.29 is 13.9 Å². The molecule has 1 N–H and O–H groups in total. The second-order valence-electron chi connectivity index (χ2n) is 6.72. The highest BCUT2D eigenvalue weighted by molar-refractivity contribution is 5.89. The van der Waals surface area contributed by atoms with Gasteiger partial charge in [0, 0.05) is 11.8 Å². The highest BCUT2D eigenvalue weighted by atomic mass is 16.6. The van der Waals surface area contributed by atoms with Gasteiger partial charge in [-0.05, 0) is 24.1 Å². The van der Waals surface area contributed by atoms with E-state index in [2.05, 4.69) is 25.5 Å². The molecule has 0 spiro atoms. The number of anilines is 2. The maximum absolute atomic E-state index is 12.1. The number of carbonyl (C=O) groups excluding carboxylic acids is 1. The summed E-state index contributed by atoms with van der Waals surface area (Å²) >= 11 is 0. The molecule has 1 fully saturated rings. The number of carbonyl (C=O) groups is 1. The highest BCUT2D eigenvalue weighted by Gasteiger charge is 2.37. The largest absolute Gasteiger partial charge is 0.447 e. The Labute approximate surface area is 161 Å². The van der Waals surface area contributed by atoms with Gasteiger partial charge in [0.15, 0.2) is 0 Å². The molecule has 1 aromatic carbocycles. The van der Waals surface area contributed by atoms with Gasteiger partial charge in [0.25, 0.3) is 0 Å². The van der Waals surface area contributed by atoms with E-state index in [0.717, 1.165) is 5.56 Å². The first-order valence-electron chi connectivity index (χ1n) is 9.02. The highest BCUT2D eigenvalue weighted by Crippen LogP contribution is 2.26. The smallest absolute Gasteiger partial charge is 0.415 e. The number of nitrogens with zero attached hydrogens (tertiary/aromatic N) is 5. The summed E-state index contributed by atoms with van der Waals surface area (Å²) in [5, 5.41) is 11.1. The van der Waals surface area contributed by atoms with Crippen molar-refractivity contribution in [3.63, 3.8) is 0 Å². The number of aromatic nitrogens is 4. The number of hydrogen-bond donors (Lipinski definition) is 1. The molecule has 0 aliphatic carbocycles. The Morgan fingerprint density at radius 2 is 2.04 bits per heavy atom. The lowest BCUT2D eigenvalue weighted by molar-refractivity contribution is 0.177. The lowest BCUT2D eigenvalue weighted by atomic mass is 10.0. The minimum absolute atomic E-state index is 0.0559. The fourth-order valence-corrected chi connectivity index (χ4v) is 2.94. The van der Waals surface area contributed by atoms with E-state index in [-0.39, 0.29) is 18.5 Å². The first-order valence-corrected chi connectivity index (χ1v) is 9.02. The molecular formula is C19H20N6O3. The van der Waals surface area contributed by atoms with Crippen LogP contribution >= 0.6 is 0 Å². The van der Waals surface area contributed by atoms with Crippen LogP contribution in [-0.2, 0) is 11.3 Å². The molecule has 3 aromatic rings. The van der Waals surface area contributed by atoms with Gasteiger partial charge in [-0.25, -0.2) is 9.78 Å². The number of rotatable bonds is 6. The molecule has 3 heterocycles. The molecule has 4 rings (SSSR count). The van der Waals surface area contributed by atoms with E-state index < -0.39 is 6.09 Å². The minimum Gasteiger partial charge on any atom is -0.447 e. The van der Waals surface area contributed by atoms with Gasteiger partial charge in [-0.3, -0.25) is 4.90 Å². The van der Waals surface area contributed by atoms with Gasteiger partial charge in [0.05, 0.1) is 12.6 Å². The van der Waals surface area contributed by atoms with Crippen molar-refractivity contribution in [3.8, 4) is 11.5 Å². The summed E-state index contributed by atoms with van der Waals surface area (Å²) in [6.45, 7) is 4.70. The summed E-state index contributed by atoms with van der Waals surface area (Å²) in [4.78, 5) is 22.3. The molecule has 9 heteroatoms. The Morgan fingerprint density at radius 3 is 2.82 bits per heavy atom. The zero-order valence-electron chi connectivity index (χ0n) is 15.6. The average molecular weight is 380 g/mol. The predicted octanol–water partition coefficient (Wildman–Crippen LogP) is 3.12. The number of amides is 1. The molecule has 0 unspecified atom stereocenters. The van der Waals surface area contributed by atoms with Crippen LogP contribution in [0.2, 0.25) is 0 Å². The number of nitrogens with one attached hydrogen (secondary N) is 1. The van der Waals surface area contributed by atoms with Crippen LogP contribution in [0.3, 0.4) is 0 Å². The Balaban J connectivity index is 1.46. The molecule has 28 heavy (non-hydrogen) atoms. The van der Waals surface area contributed by atoms with Crippen molar-refractivity contribution in [1.29, 1.82) is 0 Å². The third-order valence-electron chi connectivity index (χ3n) is 4.45. The van der Waals surface area contributed by atoms with Crippen LogP contribution in [-0.4, -0.2) is 38.9 Å². The quantitative estimate of drug-likeness (QED) is 0.695. The summed E-state index contributed by atoms with van der Waals surface area (Å²) in [5.74, 6) is 1.96. The Morgan fingerprint density at radius 1 is 1.21 bits per heavy atom. The molecule has 2 aromatic heterocycles. The summed E-state index contributed by atoms with van der Waals surface area (Å²) in [5.41, 5.74) is 0.853. The molecule has 1 saturated heterocycles. The topological polar surface area (TPSA) is 106 Å². The zero-order valence-corrected chi connectivity index (χ0v) is 15.6. The van der Waals surface area contributed by atoms with Gasteiger partial charge in [-0.2, -0.15) is 4.98 Å². The molecule has 0 radical (unpaired) electrons. The van der Waals surface area contributed by atoms with Crippen molar-refractivity contribution in [2.24, 2.45) is 5.92 Å². The van der Waals surface area contributed by atoms with Gasteiger partial charge >= 0.3 is 6.09 Å². The van der Waals surface area contributed by atoms with Gasteiger partial charge < -0.3 is 14.5 Å². The van der Waals surface area contributed by atoms with Crippen LogP contribution in [0.5, 0.6) is 0 Å². The third kappa shape index (κ3) is 3.64. The molecular weight excluding hydrogens is 360 g/mol. The number of benzene rings is 1. The molecule has 0 bridgehead atoms. The fraction of sp³-hybridized carbons (Fsp3) is 0.316. The van der Waals surface area contributed by atoms with Crippen molar-refractivity contribution in [3.05, 3.63) is 48.5 Å². The first-order chi connectivity index (χ1) is 13.6. The maximum atomic E-state index is 12.1. The Bertz CT molecular complexity index is 959. The van der Waals surface area contributed by atoms with Crippen molar-refractivity contribution in [2.45, 2.75) is 26.4 Å². The predicted molar refractivity (Wildman–Crippen MR) is 102 cm³/mol. The molecule has 1 aliphatic heterocycles. The Hall–Kier alpha value is -3.49. The normalized spacial score (nSPS) is 16.5. The van der Waals surface area contributed by atoms with Crippen LogP contribution in [0.1, 0.15) is 19.7 Å². The van der Waals surface area contributed by atoms with Gasteiger partial charge in [-0.15, -0.1) is 10.2 Å². The van der Waals surface area contributed by atoms with Crippen LogP contribution in [0.15, 0.2) is 47.0 Å². The first kappa shape index (κ1) is 17.9. The van der Waals surface area contributed by atoms with E-state index in [1.165, 1.54) is 0 Å². The number of hydrogen-bond acceptors (Lipinski definition) is 8.